The Morgan fingerprint density at radius 1 is 0.659 bits per heavy atom. The molecule has 0 aliphatic rings. The summed E-state index contributed by atoms with van der Waals surface area (Å²) in [5.74, 6) is 0.124. The molecule has 2 N–H and O–H groups in total. The third kappa shape index (κ3) is 30.7. The van der Waals surface area contributed by atoms with E-state index in [1.807, 2.05) is 30.4 Å². The van der Waals surface area contributed by atoms with E-state index in [2.05, 4.69) is 57.2 Å². The number of unbranched alkanes of at least 4 members (excludes halogenated alkanes) is 5. The zero-order valence-electron chi connectivity index (χ0n) is 27.9. The van der Waals surface area contributed by atoms with Gasteiger partial charge in [0, 0.05) is 12.8 Å². The summed E-state index contributed by atoms with van der Waals surface area (Å²) in [6, 6.07) is 0. The molecule has 0 amide bonds. The highest BCUT2D eigenvalue weighted by molar-refractivity contribution is 5.70. The topological polar surface area (TPSA) is 93.1 Å². The van der Waals surface area contributed by atoms with Crippen LogP contribution in [0, 0.1) is 5.92 Å². The van der Waals surface area contributed by atoms with E-state index in [-0.39, 0.29) is 31.6 Å². The number of hydrogen-bond acceptors (Lipinski definition) is 6. The van der Waals surface area contributed by atoms with Gasteiger partial charge in [-0.3, -0.25) is 9.59 Å². The molecule has 44 heavy (non-hydrogen) atoms. The van der Waals surface area contributed by atoms with E-state index in [0.29, 0.717) is 19.3 Å². The Bertz CT molecular complexity index is 867. The highest BCUT2D eigenvalue weighted by Gasteiger charge is 2.11. The lowest BCUT2D eigenvalue weighted by Gasteiger charge is -2.12. The fourth-order valence-electron chi connectivity index (χ4n) is 4.11. The predicted octanol–water partition coefficient (Wildman–Crippen LogP) is 9.05. The van der Waals surface area contributed by atoms with Crippen molar-refractivity contribution in [3.63, 3.8) is 0 Å². The SMILES string of the molecule is CC/C=C\CC(O)/C=C/C=C/C/C=C\C/C=C\C/C=C\CCC(=O)OC[C@H](O)COC(=O)CCCCCCCCC(C)CC. The molecule has 0 bridgehead atoms. The van der Waals surface area contributed by atoms with E-state index in [1.165, 1.54) is 32.1 Å². The molecule has 0 radical (unpaired) electrons. The molecule has 0 heterocycles. The number of ether oxygens (including phenoxy) is 2. The molecule has 6 heteroatoms. The minimum Gasteiger partial charge on any atom is -0.463 e. The molecule has 0 aliphatic heterocycles. The van der Waals surface area contributed by atoms with E-state index >= 15 is 0 Å². The summed E-state index contributed by atoms with van der Waals surface area (Å²) in [6.07, 6.45) is 37.3. The number of allylic oxidation sites excluding steroid dienone is 10. The van der Waals surface area contributed by atoms with Crippen molar-refractivity contribution in [2.75, 3.05) is 13.2 Å². The van der Waals surface area contributed by atoms with Gasteiger partial charge in [0.05, 0.1) is 6.10 Å². The van der Waals surface area contributed by atoms with Gasteiger partial charge in [-0.25, -0.2) is 0 Å². The number of aliphatic hydroxyl groups is 2. The van der Waals surface area contributed by atoms with Crippen molar-refractivity contribution in [2.45, 2.75) is 136 Å². The third-order valence-electron chi connectivity index (χ3n) is 7.09. The van der Waals surface area contributed by atoms with Gasteiger partial charge in [-0.05, 0) is 50.9 Å². The van der Waals surface area contributed by atoms with E-state index in [9.17, 15) is 19.8 Å². The van der Waals surface area contributed by atoms with Gasteiger partial charge in [-0.15, -0.1) is 0 Å². The summed E-state index contributed by atoms with van der Waals surface area (Å²) in [4.78, 5) is 23.7. The molecular weight excluding hydrogens is 552 g/mol. The molecule has 3 atom stereocenters. The molecule has 2 unspecified atom stereocenters. The Morgan fingerprint density at radius 3 is 1.86 bits per heavy atom. The molecule has 0 aromatic rings. The summed E-state index contributed by atoms with van der Waals surface area (Å²) in [5.41, 5.74) is 0. The van der Waals surface area contributed by atoms with Crippen molar-refractivity contribution in [1.29, 1.82) is 0 Å². The maximum absolute atomic E-state index is 11.9. The number of carbonyl (C=O) groups is 2. The Morgan fingerprint density at radius 2 is 1.23 bits per heavy atom. The number of aliphatic hydroxyl groups excluding tert-OH is 2. The van der Waals surface area contributed by atoms with Crippen molar-refractivity contribution in [3.8, 4) is 0 Å². The number of esters is 2. The fourth-order valence-corrected chi connectivity index (χ4v) is 4.11. The maximum Gasteiger partial charge on any atom is 0.306 e. The van der Waals surface area contributed by atoms with Crippen LogP contribution in [0.3, 0.4) is 0 Å². The van der Waals surface area contributed by atoms with Crippen LogP contribution in [0.5, 0.6) is 0 Å². The second-order valence-corrected chi connectivity index (χ2v) is 11.3. The molecule has 6 nitrogen and oxygen atoms in total. The molecule has 250 valence electrons. The molecule has 0 aromatic carbocycles. The van der Waals surface area contributed by atoms with Crippen molar-refractivity contribution in [2.24, 2.45) is 5.92 Å². The summed E-state index contributed by atoms with van der Waals surface area (Å²) in [6.45, 7) is 6.29. The molecule has 0 aliphatic carbocycles. The first-order valence-corrected chi connectivity index (χ1v) is 17.0. The van der Waals surface area contributed by atoms with Gasteiger partial charge in [-0.1, -0.05) is 139 Å². The second kappa shape index (κ2) is 31.7. The zero-order valence-corrected chi connectivity index (χ0v) is 27.9. The molecule has 0 saturated carbocycles. The Balaban J connectivity index is 3.71. The average molecular weight is 615 g/mol. The summed E-state index contributed by atoms with van der Waals surface area (Å²) >= 11 is 0. The van der Waals surface area contributed by atoms with Crippen LogP contribution in [0.25, 0.3) is 0 Å². The lowest BCUT2D eigenvalue weighted by molar-refractivity contribution is -0.152. The van der Waals surface area contributed by atoms with Crippen molar-refractivity contribution < 1.29 is 29.3 Å². The predicted molar refractivity (Wildman–Crippen MR) is 183 cm³/mol. The highest BCUT2D eigenvalue weighted by atomic mass is 16.6. The molecule has 0 aromatic heterocycles. The normalized spacial score (nSPS) is 14.6. The number of carbonyl (C=O) groups excluding carboxylic acids is 2. The quantitative estimate of drug-likeness (QED) is 0.0395. The molecule has 0 spiro atoms. The lowest BCUT2D eigenvalue weighted by atomic mass is 10.00. The minimum absolute atomic E-state index is 0.153. The van der Waals surface area contributed by atoms with Gasteiger partial charge in [0.15, 0.2) is 0 Å². The monoisotopic (exact) mass is 614 g/mol. The van der Waals surface area contributed by atoms with Gasteiger partial charge < -0.3 is 19.7 Å². The lowest BCUT2D eigenvalue weighted by Crippen LogP contribution is -2.25. The highest BCUT2D eigenvalue weighted by Crippen LogP contribution is 2.14. The van der Waals surface area contributed by atoms with Crippen LogP contribution >= 0.6 is 0 Å². The first-order chi connectivity index (χ1) is 21.4. The van der Waals surface area contributed by atoms with Crippen LogP contribution in [0.1, 0.15) is 124 Å². The first kappa shape index (κ1) is 41.3. The van der Waals surface area contributed by atoms with Gasteiger partial charge in [0.2, 0.25) is 0 Å². The van der Waals surface area contributed by atoms with Crippen molar-refractivity contribution in [3.05, 3.63) is 72.9 Å². The van der Waals surface area contributed by atoms with Gasteiger partial charge in [0.25, 0.3) is 0 Å². The van der Waals surface area contributed by atoms with E-state index in [0.717, 1.165) is 50.9 Å². The van der Waals surface area contributed by atoms with E-state index in [1.54, 1.807) is 6.08 Å². The van der Waals surface area contributed by atoms with Crippen LogP contribution < -0.4 is 0 Å². The Hall–Kier alpha value is -2.70. The van der Waals surface area contributed by atoms with Crippen LogP contribution in [0.4, 0.5) is 0 Å². The first-order valence-electron chi connectivity index (χ1n) is 17.0. The Kier molecular flexibility index (Phi) is 29.8. The molecule has 0 saturated heterocycles. The average Bonchev–Trinajstić information content (AvgIpc) is 3.02. The summed E-state index contributed by atoms with van der Waals surface area (Å²) in [7, 11) is 0. The van der Waals surface area contributed by atoms with Gasteiger partial charge in [0.1, 0.15) is 19.3 Å². The maximum atomic E-state index is 11.9. The van der Waals surface area contributed by atoms with Crippen LogP contribution in [0.15, 0.2) is 72.9 Å². The molecular formula is C38H62O6. The summed E-state index contributed by atoms with van der Waals surface area (Å²) in [5, 5.41) is 19.7. The Labute approximate surface area is 268 Å². The third-order valence-corrected chi connectivity index (χ3v) is 7.09. The number of hydrogen-bond donors (Lipinski definition) is 2. The van der Waals surface area contributed by atoms with E-state index in [4.69, 9.17) is 9.47 Å². The van der Waals surface area contributed by atoms with E-state index < -0.39 is 12.2 Å². The second-order valence-electron chi connectivity index (χ2n) is 11.3. The van der Waals surface area contributed by atoms with Crippen molar-refractivity contribution in [1.82, 2.24) is 0 Å². The van der Waals surface area contributed by atoms with Gasteiger partial charge in [-0.2, -0.15) is 0 Å². The molecule has 0 rings (SSSR count). The number of rotatable bonds is 28. The van der Waals surface area contributed by atoms with Crippen LogP contribution in [-0.4, -0.2) is 47.6 Å². The fraction of sp³-hybridized carbons (Fsp3) is 0.632. The van der Waals surface area contributed by atoms with Crippen molar-refractivity contribution >= 4 is 11.9 Å². The zero-order chi connectivity index (χ0) is 32.5. The molecule has 0 fully saturated rings. The van der Waals surface area contributed by atoms with Crippen LogP contribution in [-0.2, 0) is 19.1 Å². The standard InChI is InChI=1S/C38H62O6/c1-4-6-22-28-35(39)29-24-19-14-12-10-8-7-9-11-13-15-20-25-30-37(41)43-32-36(40)33-44-38(42)31-26-21-17-16-18-23-27-34(3)5-2/h6,8-11,14-15,19-20,22,24,29,34-36,39-40H,4-5,7,12-13,16-18,21,23,25-28,30-33H2,1-3H3/b10-8-,11-9-,19-14+,20-15-,22-6-,29-24+/t34?,35?,36-/m0/s1. The minimum atomic E-state index is -1.01. The van der Waals surface area contributed by atoms with Gasteiger partial charge >= 0.3 is 11.9 Å². The smallest absolute Gasteiger partial charge is 0.306 e. The van der Waals surface area contributed by atoms with Crippen LogP contribution in [0.2, 0.25) is 0 Å². The summed E-state index contributed by atoms with van der Waals surface area (Å²) < 4.78 is 10.2. The largest absolute Gasteiger partial charge is 0.463 e.